The molecule has 11 heavy (non-hydrogen) atoms. The van der Waals surface area contributed by atoms with Crippen molar-refractivity contribution in [3.05, 3.63) is 25.3 Å². The van der Waals surface area contributed by atoms with Gasteiger partial charge in [0.05, 0.1) is 0 Å². The van der Waals surface area contributed by atoms with Crippen LogP contribution in [0.4, 0.5) is 0 Å². The summed E-state index contributed by atoms with van der Waals surface area (Å²) in [5, 5.41) is 2.69. The lowest BCUT2D eigenvalue weighted by atomic mass is 10.1. The van der Waals surface area contributed by atoms with Gasteiger partial charge in [-0.3, -0.25) is 4.79 Å². The fourth-order valence-electron chi connectivity index (χ4n) is 0.634. The van der Waals surface area contributed by atoms with Crippen LogP contribution in [-0.2, 0) is 4.79 Å². The predicted molar refractivity (Wildman–Crippen MR) is 47.2 cm³/mol. The van der Waals surface area contributed by atoms with Crippen LogP contribution in [0, 0.1) is 5.92 Å². The quantitative estimate of drug-likeness (QED) is 0.596. The summed E-state index contributed by atoms with van der Waals surface area (Å²) in [5.74, 6) is 0.303. The highest BCUT2D eigenvalue weighted by atomic mass is 16.1. The number of hydrogen-bond donors (Lipinski definition) is 1. The molecule has 2 heteroatoms. The number of carbonyl (C=O) groups excluding carboxylic acids is 1. The van der Waals surface area contributed by atoms with E-state index in [1.165, 1.54) is 0 Å². The fraction of sp³-hybridized carbons (Fsp3) is 0.444. The average molecular weight is 153 g/mol. The van der Waals surface area contributed by atoms with Crippen molar-refractivity contribution in [2.75, 3.05) is 6.54 Å². The van der Waals surface area contributed by atoms with Crippen LogP contribution in [-0.4, -0.2) is 12.5 Å². The molecule has 0 aromatic heterocycles. The van der Waals surface area contributed by atoms with Crippen LogP contribution in [0.3, 0.4) is 0 Å². The maximum atomic E-state index is 11.0. The van der Waals surface area contributed by atoms with Gasteiger partial charge in [0, 0.05) is 13.0 Å². The Balaban J connectivity index is 3.51. The summed E-state index contributed by atoms with van der Waals surface area (Å²) in [7, 11) is 0. The predicted octanol–water partition coefficient (Wildman–Crippen LogP) is 1.50. The Bertz CT molecular complexity index is 152. The summed E-state index contributed by atoms with van der Waals surface area (Å²) in [6.07, 6.45) is 3.95. The van der Waals surface area contributed by atoms with E-state index >= 15 is 0 Å². The highest BCUT2D eigenvalue weighted by molar-refractivity contribution is 5.76. The second kappa shape index (κ2) is 5.71. The molecule has 0 saturated carbocycles. The topological polar surface area (TPSA) is 29.1 Å². The van der Waals surface area contributed by atoms with E-state index in [2.05, 4.69) is 18.5 Å². The molecule has 0 spiro atoms. The third-order valence-corrected chi connectivity index (χ3v) is 1.35. The molecule has 0 fully saturated rings. The van der Waals surface area contributed by atoms with Crippen LogP contribution in [0.25, 0.3) is 0 Å². The number of hydrogen-bond acceptors (Lipinski definition) is 1. The van der Waals surface area contributed by atoms with Gasteiger partial charge in [0.25, 0.3) is 0 Å². The number of rotatable bonds is 5. The van der Waals surface area contributed by atoms with E-state index in [9.17, 15) is 4.79 Å². The summed E-state index contributed by atoms with van der Waals surface area (Å²) in [4.78, 5) is 11.0. The van der Waals surface area contributed by atoms with Crippen molar-refractivity contribution in [2.45, 2.75) is 13.3 Å². The third-order valence-electron chi connectivity index (χ3n) is 1.35. The van der Waals surface area contributed by atoms with Gasteiger partial charge in [0.1, 0.15) is 0 Å². The first-order valence-corrected chi connectivity index (χ1v) is 3.70. The molecule has 0 radical (unpaired) electrons. The van der Waals surface area contributed by atoms with Crippen LogP contribution in [0.15, 0.2) is 25.3 Å². The average Bonchev–Trinajstić information content (AvgIpc) is 2.00. The Labute approximate surface area is 68.0 Å². The zero-order chi connectivity index (χ0) is 8.69. The zero-order valence-corrected chi connectivity index (χ0v) is 6.97. The molecule has 0 saturated heterocycles. The minimum Gasteiger partial charge on any atom is -0.353 e. The minimum absolute atomic E-state index is 0.0531. The smallest absolute Gasteiger partial charge is 0.220 e. The molecular formula is C9H15NO. The van der Waals surface area contributed by atoms with Gasteiger partial charge >= 0.3 is 0 Å². The Morgan fingerprint density at radius 3 is 2.73 bits per heavy atom. The molecule has 1 unspecified atom stereocenters. The Morgan fingerprint density at radius 2 is 2.27 bits per heavy atom. The monoisotopic (exact) mass is 153 g/mol. The molecule has 1 amide bonds. The summed E-state index contributed by atoms with van der Waals surface area (Å²) in [6.45, 7) is 9.59. The molecule has 0 aromatic rings. The van der Waals surface area contributed by atoms with Gasteiger partial charge in [0.15, 0.2) is 0 Å². The van der Waals surface area contributed by atoms with E-state index in [-0.39, 0.29) is 11.8 Å². The number of nitrogens with one attached hydrogen (secondary N) is 1. The number of allylic oxidation sites excluding steroid dienone is 1. The van der Waals surface area contributed by atoms with E-state index in [1.807, 2.05) is 6.92 Å². The molecule has 0 aliphatic carbocycles. The van der Waals surface area contributed by atoms with Crippen LogP contribution in [0.5, 0.6) is 0 Å². The van der Waals surface area contributed by atoms with Crippen molar-refractivity contribution in [1.29, 1.82) is 0 Å². The van der Waals surface area contributed by atoms with Gasteiger partial charge < -0.3 is 5.32 Å². The molecule has 0 aromatic carbocycles. The van der Waals surface area contributed by atoms with Crippen LogP contribution in [0.2, 0.25) is 0 Å². The lowest BCUT2D eigenvalue weighted by Crippen LogP contribution is -2.24. The van der Waals surface area contributed by atoms with Crippen molar-refractivity contribution >= 4 is 5.91 Å². The van der Waals surface area contributed by atoms with Gasteiger partial charge in [-0.1, -0.05) is 19.1 Å². The standard InChI is InChI=1S/C9H15NO/c1-4-6-10-9(11)7-8(3)5-2/h4-5,8H,1-2,6-7H2,3H3,(H,10,11). The maximum absolute atomic E-state index is 11.0. The second-order valence-electron chi connectivity index (χ2n) is 2.51. The molecule has 0 aliphatic rings. The van der Waals surface area contributed by atoms with Crippen molar-refractivity contribution in [3.63, 3.8) is 0 Å². The van der Waals surface area contributed by atoms with Crippen molar-refractivity contribution in [2.24, 2.45) is 5.92 Å². The summed E-state index contributed by atoms with van der Waals surface area (Å²) in [6, 6.07) is 0. The second-order valence-corrected chi connectivity index (χ2v) is 2.51. The molecule has 2 nitrogen and oxygen atoms in total. The summed E-state index contributed by atoms with van der Waals surface area (Å²) >= 11 is 0. The highest BCUT2D eigenvalue weighted by Gasteiger charge is 2.03. The molecule has 62 valence electrons. The van der Waals surface area contributed by atoms with E-state index in [0.29, 0.717) is 13.0 Å². The zero-order valence-electron chi connectivity index (χ0n) is 6.97. The molecule has 0 heterocycles. The fourth-order valence-corrected chi connectivity index (χ4v) is 0.634. The first-order valence-electron chi connectivity index (χ1n) is 3.70. The molecule has 0 rings (SSSR count). The first kappa shape index (κ1) is 9.95. The van der Waals surface area contributed by atoms with Crippen molar-refractivity contribution in [1.82, 2.24) is 5.32 Å². The highest BCUT2D eigenvalue weighted by Crippen LogP contribution is 2.00. The lowest BCUT2D eigenvalue weighted by molar-refractivity contribution is -0.121. The first-order chi connectivity index (χ1) is 5.20. The summed E-state index contributed by atoms with van der Waals surface area (Å²) < 4.78 is 0. The van der Waals surface area contributed by atoms with Crippen LogP contribution >= 0.6 is 0 Å². The van der Waals surface area contributed by atoms with Crippen LogP contribution < -0.4 is 5.32 Å². The van der Waals surface area contributed by atoms with Gasteiger partial charge in [0.2, 0.25) is 5.91 Å². The van der Waals surface area contributed by atoms with E-state index in [4.69, 9.17) is 0 Å². The largest absolute Gasteiger partial charge is 0.353 e. The summed E-state index contributed by atoms with van der Waals surface area (Å²) in [5.41, 5.74) is 0. The van der Waals surface area contributed by atoms with Gasteiger partial charge in [-0.2, -0.15) is 0 Å². The molecule has 1 atom stereocenters. The van der Waals surface area contributed by atoms with Gasteiger partial charge in [-0.15, -0.1) is 13.2 Å². The Morgan fingerprint density at radius 1 is 1.64 bits per heavy atom. The Kier molecular flexibility index (Phi) is 5.17. The normalized spacial score (nSPS) is 11.7. The van der Waals surface area contributed by atoms with Crippen LogP contribution in [0.1, 0.15) is 13.3 Å². The van der Waals surface area contributed by atoms with E-state index in [1.54, 1.807) is 12.2 Å². The number of amides is 1. The minimum atomic E-state index is 0.0531. The van der Waals surface area contributed by atoms with Gasteiger partial charge in [-0.05, 0) is 5.92 Å². The molecule has 0 aliphatic heterocycles. The number of carbonyl (C=O) groups is 1. The van der Waals surface area contributed by atoms with Crippen molar-refractivity contribution < 1.29 is 4.79 Å². The lowest BCUT2D eigenvalue weighted by Gasteiger charge is -2.04. The van der Waals surface area contributed by atoms with Crippen molar-refractivity contribution in [3.8, 4) is 0 Å². The molecule has 1 N–H and O–H groups in total. The van der Waals surface area contributed by atoms with E-state index in [0.717, 1.165) is 0 Å². The molecular weight excluding hydrogens is 138 g/mol. The van der Waals surface area contributed by atoms with Gasteiger partial charge in [-0.25, -0.2) is 0 Å². The third kappa shape index (κ3) is 5.40. The van der Waals surface area contributed by atoms with E-state index < -0.39 is 0 Å². The Hall–Kier alpha value is -1.05. The maximum Gasteiger partial charge on any atom is 0.220 e. The SMILES string of the molecule is C=CCNC(=O)CC(C)C=C. The molecule has 0 bridgehead atoms.